The summed E-state index contributed by atoms with van der Waals surface area (Å²) in [6, 6.07) is 5.73. The van der Waals surface area contributed by atoms with Crippen LogP contribution in [0.1, 0.15) is 12.5 Å². The molecule has 6 heteroatoms. The number of non-ortho nitro benzene ring substituents is 1. The Labute approximate surface area is 111 Å². The molecule has 1 atom stereocenters. The van der Waals surface area contributed by atoms with Gasteiger partial charge in [0.25, 0.3) is 5.69 Å². The molecule has 0 aromatic heterocycles. The molecule has 0 aliphatic carbocycles. The van der Waals surface area contributed by atoms with Crippen molar-refractivity contribution < 1.29 is 14.8 Å². The number of aliphatic hydroxyl groups excluding tert-OH is 1. The Hall–Kier alpha value is -2.21. The highest BCUT2D eigenvalue weighted by atomic mass is 16.6. The summed E-state index contributed by atoms with van der Waals surface area (Å²) < 4.78 is 0. The highest BCUT2D eigenvalue weighted by Crippen LogP contribution is 2.14. The molecule has 0 bridgehead atoms. The van der Waals surface area contributed by atoms with Crippen molar-refractivity contribution in [2.45, 2.75) is 13.0 Å². The van der Waals surface area contributed by atoms with Crippen LogP contribution in [0.2, 0.25) is 0 Å². The minimum atomic E-state index is -0.487. The van der Waals surface area contributed by atoms with Gasteiger partial charge in [-0.15, -0.1) is 0 Å². The van der Waals surface area contributed by atoms with E-state index >= 15 is 0 Å². The van der Waals surface area contributed by atoms with Crippen LogP contribution < -0.4 is 0 Å². The van der Waals surface area contributed by atoms with Gasteiger partial charge in [0.2, 0.25) is 5.91 Å². The molecule has 0 saturated carbocycles. The molecule has 1 aromatic rings. The number of carbonyl (C=O) groups excluding carboxylic acids is 1. The summed E-state index contributed by atoms with van der Waals surface area (Å²) in [5.74, 6) is -0.270. The highest BCUT2D eigenvalue weighted by Gasteiger charge is 2.11. The van der Waals surface area contributed by atoms with E-state index in [0.29, 0.717) is 5.56 Å². The number of carbonyl (C=O) groups is 1. The molecule has 0 radical (unpaired) electrons. The van der Waals surface area contributed by atoms with E-state index in [4.69, 9.17) is 5.11 Å². The van der Waals surface area contributed by atoms with E-state index in [1.807, 2.05) is 0 Å². The van der Waals surface area contributed by atoms with Crippen molar-refractivity contribution in [3.63, 3.8) is 0 Å². The Morgan fingerprint density at radius 2 is 2.26 bits per heavy atom. The van der Waals surface area contributed by atoms with Gasteiger partial charge >= 0.3 is 0 Å². The molecule has 0 saturated heterocycles. The zero-order chi connectivity index (χ0) is 14.4. The van der Waals surface area contributed by atoms with Gasteiger partial charge in [0.15, 0.2) is 0 Å². The molecule has 0 spiro atoms. The van der Waals surface area contributed by atoms with E-state index in [9.17, 15) is 14.9 Å². The Morgan fingerprint density at radius 3 is 2.84 bits per heavy atom. The van der Waals surface area contributed by atoms with Crippen LogP contribution in [-0.2, 0) is 4.79 Å². The zero-order valence-corrected chi connectivity index (χ0v) is 10.8. The molecule has 6 nitrogen and oxygen atoms in total. The lowest BCUT2D eigenvalue weighted by atomic mass is 10.2. The lowest BCUT2D eigenvalue weighted by Gasteiger charge is -2.21. The third-order valence-electron chi connectivity index (χ3n) is 2.77. The van der Waals surface area contributed by atoms with Crippen LogP contribution in [0, 0.1) is 10.1 Å². The van der Waals surface area contributed by atoms with E-state index in [2.05, 4.69) is 0 Å². The topological polar surface area (TPSA) is 83.7 Å². The van der Waals surface area contributed by atoms with Gasteiger partial charge in [-0.2, -0.15) is 0 Å². The summed E-state index contributed by atoms with van der Waals surface area (Å²) in [6.45, 7) is 1.60. The van der Waals surface area contributed by atoms with Crippen molar-refractivity contribution in [3.8, 4) is 0 Å². The largest absolute Gasteiger partial charge is 0.394 e. The number of likely N-dealkylation sites (N-methyl/N-ethyl adjacent to an activating group) is 1. The summed E-state index contributed by atoms with van der Waals surface area (Å²) in [5, 5.41) is 19.6. The van der Waals surface area contributed by atoms with E-state index in [-0.39, 0.29) is 24.2 Å². The zero-order valence-electron chi connectivity index (χ0n) is 10.8. The SMILES string of the molecule is CC(CO)N(C)C(=O)/C=C/c1cccc([N+](=O)[O-])c1. The number of rotatable bonds is 5. The lowest BCUT2D eigenvalue weighted by molar-refractivity contribution is -0.384. The maximum Gasteiger partial charge on any atom is 0.270 e. The minimum absolute atomic E-state index is 0.0216. The average Bonchev–Trinajstić information content (AvgIpc) is 2.43. The number of hydrogen-bond donors (Lipinski definition) is 1. The van der Waals surface area contributed by atoms with Gasteiger partial charge in [-0.25, -0.2) is 0 Å². The van der Waals surface area contributed by atoms with Gasteiger partial charge in [0, 0.05) is 25.3 Å². The van der Waals surface area contributed by atoms with Crippen molar-refractivity contribution in [1.29, 1.82) is 0 Å². The Balaban J connectivity index is 2.79. The summed E-state index contributed by atoms with van der Waals surface area (Å²) in [7, 11) is 1.58. The van der Waals surface area contributed by atoms with Crippen molar-refractivity contribution >= 4 is 17.7 Å². The number of nitro groups is 1. The van der Waals surface area contributed by atoms with Crippen molar-refractivity contribution in [1.82, 2.24) is 4.90 Å². The smallest absolute Gasteiger partial charge is 0.270 e. The standard InChI is InChI=1S/C13H16N2O4/c1-10(9-16)14(2)13(17)7-6-11-4-3-5-12(8-11)15(18)19/h3-8,10,16H,9H2,1-2H3/b7-6+. The van der Waals surface area contributed by atoms with Crippen molar-refractivity contribution in [2.24, 2.45) is 0 Å². The first kappa shape index (κ1) is 14.8. The number of amides is 1. The number of benzene rings is 1. The predicted octanol–water partition coefficient (Wildman–Crippen LogP) is 1.45. The van der Waals surface area contributed by atoms with E-state index < -0.39 is 4.92 Å². The first-order valence-corrected chi connectivity index (χ1v) is 5.76. The molecule has 0 aliphatic heterocycles. The van der Waals surface area contributed by atoms with Crippen LogP contribution in [0.5, 0.6) is 0 Å². The Kier molecular flexibility index (Phi) is 5.20. The summed E-state index contributed by atoms with van der Waals surface area (Å²) >= 11 is 0. The number of nitrogens with zero attached hydrogens (tertiary/aromatic N) is 2. The van der Waals surface area contributed by atoms with Gasteiger partial charge in [0.1, 0.15) is 0 Å². The second kappa shape index (κ2) is 6.65. The monoisotopic (exact) mass is 264 g/mol. The van der Waals surface area contributed by atoms with Gasteiger partial charge in [-0.3, -0.25) is 14.9 Å². The number of hydrogen-bond acceptors (Lipinski definition) is 4. The lowest BCUT2D eigenvalue weighted by Crippen LogP contribution is -2.36. The maximum atomic E-state index is 11.7. The maximum absolute atomic E-state index is 11.7. The summed E-state index contributed by atoms with van der Waals surface area (Å²) in [4.78, 5) is 23.2. The molecule has 1 unspecified atom stereocenters. The second-order valence-electron chi connectivity index (χ2n) is 4.17. The Morgan fingerprint density at radius 1 is 1.58 bits per heavy atom. The fourth-order valence-electron chi connectivity index (χ4n) is 1.37. The third-order valence-corrected chi connectivity index (χ3v) is 2.77. The van der Waals surface area contributed by atoms with Crippen LogP contribution in [0.4, 0.5) is 5.69 Å². The minimum Gasteiger partial charge on any atom is -0.394 e. The molecular formula is C13H16N2O4. The van der Waals surface area contributed by atoms with E-state index in [1.54, 1.807) is 26.1 Å². The fourth-order valence-corrected chi connectivity index (χ4v) is 1.37. The predicted molar refractivity (Wildman–Crippen MR) is 71.4 cm³/mol. The van der Waals surface area contributed by atoms with Gasteiger partial charge in [-0.05, 0) is 18.6 Å². The van der Waals surface area contributed by atoms with Crippen LogP contribution >= 0.6 is 0 Å². The van der Waals surface area contributed by atoms with Crippen LogP contribution in [0.25, 0.3) is 6.08 Å². The Bertz CT molecular complexity index is 499. The van der Waals surface area contributed by atoms with Crippen molar-refractivity contribution in [2.75, 3.05) is 13.7 Å². The molecule has 1 amide bonds. The van der Waals surface area contributed by atoms with Gasteiger partial charge in [0.05, 0.1) is 17.6 Å². The molecule has 19 heavy (non-hydrogen) atoms. The molecule has 1 aromatic carbocycles. The number of aliphatic hydroxyl groups is 1. The molecule has 0 aliphatic rings. The average molecular weight is 264 g/mol. The number of nitro benzene ring substituents is 1. The van der Waals surface area contributed by atoms with Gasteiger partial charge < -0.3 is 10.0 Å². The summed E-state index contributed by atoms with van der Waals surface area (Å²) in [5.41, 5.74) is 0.555. The molecule has 0 fully saturated rings. The molecule has 1 N–H and O–H groups in total. The first-order valence-electron chi connectivity index (χ1n) is 5.76. The van der Waals surface area contributed by atoms with Crippen LogP contribution in [0.3, 0.4) is 0 Å². The van der Waals surface area contributed by atoms with Crippen LogP contribution in [-0.4, -0.2) is 40.5 Å². The van der Waals surface area contributed by atoms with E-state index in [0.717, 1.165) is 0 Å². The van der Waals surface area contributed by atoms with Gasteiger partial charge in [-0.1, -0.05) is 12.1 Å². The molecule has 102 valence electrons. The third kappa shape index (κ3) is 4.18. The molecule has 1 rings (SSSR count). The first-order chi connectivity index (χ1) is 8.95. The second-order valence-corrected chi connectivity index (χ2v) is 4.17. The normalized spacial score (nSPS) is 12.4. The van der Waals surface area contributed by atoms with E-state index in [1.165, 1.54) is 29.2 Å². The molecular weight excluding hydrogens is 248 g/mol. The molecule has 0 heterocycles. The quantitative estimate of drug-likeness (QED) is 0.495. The van der Waals surface area contributed by atoms with Crippen LogP contribution in [0.15, 0.2) is 30.3 Å². The van der Waals surface area contributed by atoms with Crippen molar-refractivity contribution in [3.05, 3.63) is 46.0 Å². The highest BCUT2D eigenvalue weighted by molar-refractivity contribution is 5.91. The fraction of sp³-hybridized carbons (Fsp3) is 0.308. The summed E-state index contributed by atoms with van der Waals surface area (Å²) in [6.07, 6.45) is 2.83.